The van der Waals surface area contributed by atoms with Crippen LogP contribution in [0.4, 0.5) is 5.69 Å². The fourth-order valence-corrected chi connectivity index (χ4v) is 6.82. The Balaban J connectivity index is 1.36. The Hall–Kier alpha value is -2.16. The van der Waals surface area contributed by atoms with E-state index < -0.39 is 22.0 Å². The number of furan rings is 1. The van der Waals surface area contributed by atoms with Gasteiger partial charge in [-0.3, -0.25) is 4.79 Å². The molecule has 1 aromatic heterocycles. The van der Waals surface area contributed by atoms with Gasteiger partial charge in [0, 0.05) is 12.2 Å². The third-order valence-electron chi connectivity index (χ3n) is 6.27. The number of benzene rings is 1. The first-order chi connectivity index (χ1) is 12.9. The van der Waals surface area contributed by atoms with E-state index in [0.29, 0.717) is 18.2 Å². The molecule has 8 heteroatoms. The second-order valence-corrected chi connectivity index (χ2v) is 9.56. The second kappa shape index (κ2) is 5.92. The molecular formula is C19H20N2O5S. The van der Waals surface area contributed by atoms with Gasteiger partial charge in [-0.1, -0.05) is 0 Å². The number of fused-ring (bicyclic) bond motifs is 1. The zero-order chi connectivity index (χ0) is 18.8. The molecule has 3 fully saturated rings. The van der Waals surface area contributed by atoms with Gasteiger partial charge in [0.2, 0.25) is 10.0 Å². The molecule has 3 aliphatic rings. The van der Waals surface area contributed by atoms with E-state index in [-0.39, 0.29) is 28.5 Å². The smallest absolute Gasteiger partial charge is 0.291 e. The van der Waals surface area contributed by atoms with Crippen molar-refractivity contribution in [2.45, 2.75) is 29.9 Å². The summed E-state index contributed by atoms with van der Waals surface area (Å²) in [4.78, 5) is 12.2. The summed E-state index contributed by atoms with van der Waals surface area (Å²) in [6.07, 6.45) is 2.71. The summed E-state index contributed by atoms with van der Waals surface area (Å²) in [6.45, 7) is 0.488. The highest BCUT2D eigenvalue weighted by Crippen LogP contribution is 2.56. The van der Waals surface area contributed by atoms with Gasteiger partial charge in [0.1, 0.15) is 0 Å². The Bertz CT molecular complexity index is 968. The molecule has 1 aliphatic heterocycles. The number of sulfonamides is 1. The van der Waals surface area contributed by atoms with Crippen molar-refractivity contribution in [1.82, 2.24) is 4.31 Å². The number of carbonyl (C=O) groups is 1. The second-order valence-electron chi connectivity index (χ2n) is 7.67. The molecule has 2 bridgehead atoms. The molecule has 0 radical (unpaired) electrons. The highest BCUT2D eigenvalue weighted by molar-refractivity contribution is 7.89. The van der Waals surface area contributed by atoms with Gasteiger partial charge in [-0.05, 0) is 67.0 Å². The Morgan fingerprint density at radius 2 is 1.93 bits per heavy atom. The highest BCUT2D eigenvalue weighted by atomic mass is 32.2. The molecule has 5 atom stereocenters. The van der Waals surface area contributed by atoms with Crippen molar-refractivity contribution < 1.29 is 22.7 Å². The number of nitrogens with one attached hydrogen (secondary N) is 1. The van der Waals surface area contributed by atoms with E-state index in [1.54, 1.807) is 24.3 Å². The van der Waals surface area contributed by atoms with Crippen LogP contribution in [0.15, 0.2) is 52.0 Å². The average molecular weight is 388 g/mol. The summed E-state index contributed by atoms with van der Waals surface area (Å²) in [5, 5.41) is 13.1. The number of hydrogen-bond acceptors (Lipinski definition) is 5. The first-order valence-electron chi connectivity index (χ1n) is 9.10. The minimum absolute atomic E-state index is 0.176. The SMILES string of the molecule is O=C(Nc1ccc(S(=O)(=O)N2C[C@@H]3C[C@H]4C[C@H]3[C@@H]2[C@H]4O)cc1)c1ccco1. The van der Waals surface area contributed by atoms with Crippen molar-refractivity contribution in [3.8, 4) is 0 Å². The summed E-state index contributed by atoms with van der Waals surface area (Å²) >= 11 is 0. The summed E-state index contributed by atoms with van der Waals surface area (Å²) in [7, 11) is -3.68. The lowest BCUT2D eigenvalue weighted by Gasteiger charge is -2.28. The maximum absolute atomic E-state index is 13.1. The molecule has 7 nitrogen and oxygen atoms in total. The molecule has 1 saturated heterocycles. The van der Waals surface area contributed by atoms with E-state index in [1.807, 2.05) is 0 Å². The normalized spacial score (nSPS) is 32.1. The maximum atomic E-state index is 13.1. The average Bonchev–Trinajstić information content (AvgIpc) is 3.39. The van der Waals surface area contributed by atoms with Crippen molar-refractivity contribution in [3.63, 3.8) is 0 Å². The number of carbonyl (C=O) groups excluding carboxylic acids is 1. The largest absolute Gasteiger partial charge is 0.459 e. The van der Waals surface area contributed by atoms with Crippen LogP contribution in [-0.2, 0) is 10.0 Å². The Kier molecular flexibility index (Phi) is 3.72. The molecule has 1 aromatic carbocycles. The molecule has 1 amide bonds. The zero-order valence-electron chi connectivity index (χ0n) is 14.5. The topological polar surface area (TPSA) is 99.9 Å². The van der Waals surface area contributed by atoms with E-state index in [4.69, 9.17) is 4.42 Å². The van der Waals surface area contributed by atoms with Gasteiger partial charge in [0.15, 0.2) is 5.76 Å². The number of nitrogens with zero attached hydrogens (tertiary/aromatic N) is 1. The van der Waals surface area contributed by atoms with Gasteiger partial charge >= 0.3 is 0 Å². The van der Waals surface area contributed by atoms with Gasteiger partial charge in [0.05, 0.1) is 23.3 Å². The number of rotatable bonds is 4. The van der Waals surface area contributed by atoms with Crippen LogP contribution in [0.25, 0.3) is 0 Å². The van der Waals surface area contributed by atoms with Gasteiger partial charge in [-0.15, -0.1) is 0 Å². The van der Waals surface area contributed by atoms with Crippen LogP contribution < -0.4 is 5.32 Å². The summed E-state index contributed by atoms with van der Waals surface area (Å²) < 4.78 is 32.8. The van der Waals surface area contributed by atoms with Crippen molar-refractivity contribution in [2.24, 2.45) is 17.8 Å². The standard InChI is InChI=1S/C19H20N2O5S/c22-18-11-8-12-10-21(17(18)15(12)9-11)27(24,25)14-5-3-13(4-6-14)20-19(23)16-2-1-7-26-16/h1-7,11-12,15,17-18,22H,8-10H2,(H,20,23)/t11-,12-,15+,17+,18-/m0/s1. The Labute approximate surface area is 157 Å². The van der Waals surface area contributed by atoms with Gasteiger partial charge < -0.3 is 14.8 Å². The fraction of sp³-hybridized carbons (Fsp3) is 0.421. The molecule has 2 N–H and O–H groups in total. The molecule has 2 heterocycles. The molecule has 5 rings (SSSR count). The summed E-state index contributed by atoms with van der Waals surface area (Å²) in [6, 6.07) is 8.99. The van der Waals surface area contributed by atoms with Crippen LogP contribution >= 0.6 is 0 Å². The van der Waals surface area contributed by atoms with E-state index in [9.17, 15) is 18.3 Å². The number of aliphatic hydroxyl groups is 1. The highest BCUT2D eigenvalue weighted by Gasteiger charge is 2.61. The maximum Gasteiger partial charge on any atom is 0.291 e. The van der Waals surface area contributed by atoms with E-state index in [1.165, 1.54) is 22.7 Å². The molecule has 142 valence electrons. The molecule has 2 aliphatic carbocycles. The minimum Gasteiger partial charge on any atom is -0.459 e. The quantitative estimate of drug-likeness (QED) is 0.834. The van der Waals surface area contributed by atoms with Crippen LogP contribution in [0.1, 0.15) is 23.4 Å². The first-order valence-corrected chi connectivity index (χ1v) is 10.5. The fourth-order valence-electron chi connectivity index (χ4n) is 5.08. The van der Waals surface area contributed by atoms with Gasteiger partial charge in [0.25, 0.3) is 5.91 Å². The lowest BCUT2D eigenvalue weighted by molar-refractivity contribution is 0.0731. The van der Waals surface area contributed by atoms with Crippen LogP contribution in [0.5, 0.6) is 0 Å². The minimum atomic E-state index is -3.68. The monoisotopic (exact) mass is 388 g/mol. The number of anilines is 1. The number of aliphatic hydroxyl groups excluding tert-OH is 1. The van der Waals surface area contributed by atoms with Crippen molar-refractivity contribution >= 4 is 21.6 Å². The molecule has 27 heavy (non-hydrogen) atoms. The lowest BCUT2D eigenvalue weighted by atomic mass is 9.88. The van der Waals surface area contributed by atoms with Crippen molar-refractivity contribution in [3.05, 3.63) is 48.4 Å². The molecule has 2 aromatic rings. The van der Waals surface area contributed by atoms with Crippen LogP contribution in [-0.4, -0.2) is 42.4 Å². The summed E-state index contributed by atoms with van der Waals surface area (Å²) in [5.41, 5.74) is 0.484. The number of hydrogen-bond donors (Lipinski definition) is 2. The molecule has 2 saturated carbocycles. The number of amides is 1. The first kappa shape index (κ1) is 17.0. The van der Waals surface area contributed by atoms with Crippen LogP contribution in [0.2, 0.25) is 0 Å². The predicted molar refractivity (Wildman–Crippen MR) is 96.5 cm³/mol. The molecule has 0 unspecified atom stereocenters. The summed E-state index contributed by atoms with van der Waals surface area (Å²) in [5.74, 6) is 0.678. The molecule has 0 spiro atoms. The zero-order valence-corrected chi connectivity index (χ0v) is 15.3. The molecular weight excluding hydrogens is 368 g/mol. The van der Waals surface area contributed by atoms with Gasteiger partial charge in [-0.25, -0.2) is 8.42 Å². The van der Waals surface area contributed by atoms with E-state index in [2.05, 4.69) is 5.32 Å². The van der Waals surface area contributed by atoms with Crippen molar-refractivity contribution in [1.29, 1.82) is 0 Å². The third kappa shape index (κ3) is 2.55. The Morgan fingerprint density at radius 3 is 2.59 bits per heavy atom. The van der Waals surface area contributed by atoms with Crippen LogP contribution in [0, 0.1) is 17.8 Å². The van der Waals surface area contributed by atoms with Crippen LogP contribution in [0.3, 0.4) is 0 Å². The van der Waals surface area contributed by atoms with Gasteiger partial charge in [-0.2, -0.15) is 4.31 Å². The van der Waals surface area contributed by atoms with Crippen molar-refractivity contribution in [2.75, 3.05) is 11.9 Å². The Morgan fingerprint density at radius 1 is 1.15 bits per heavy atom. The van der Waals surface area contributed by atoms with E-state index >= 15 is 0 Å². The van der Waals surface area contributed by atoms with E-state index in [0.717, 1.165) is 12.8 Å². The lowest BCUT2D eigenvalue weighted by Crippen LogP contribution is -2.43. The third-order valence-corrected chi connectivity index (χ3v) is 8.15. The predicted octanol–water partition coefficient (Wildman–Crippen LogP) is 1.92.